The second-order valence-electron chi connectivity index (χ2n) is 2.78. The topological polar surface area (TPSA) is 26.3 Å². The molecule has 0 fully saturated rings. The molecule has 0 rings (SSSR count). The third-order valence-electron chi connectivity index (χ3n) is 1.59. The summed E-state index contributed by atoms with van der Waals surface area (Å²) in [5.41, 5.74) is 0. The molecule has 0 saturated heterocycles. The predicted molar refractivity (Wildman–Crippen MR) is 58.0 cm³/mol. The molecule has 3 heteroatoms. The Balaban J connectivity index is 3.22. The number of ether oxygens (including phenoxy) is 1. The van der Waals surface area contributed by atoms with Crippen LogP contribution >= 0.6 is 15.9 Å². The zero-order valence-corrected chi connectivity index (χ0v) is 9.68. The lowest BCUT2D eigenvalue weighted by Crippen LogP contribution is -2.02. The van der Waals surface area contributed by atoms with Crippen LogP contribution in [0.2, 0.25) is 0 Å². The number of hydrogen-bond donors (Lipinski definition) is 0. The van der Waals surface area contributed by atoms with Crippen LogP contribution in [0.25, 0.3) is 0 Å². The summed E-state index contributed by atoms with van der Waals surface area (Å²) in [6.45, 7) is 2.70. The van der Waals surface area contributed by atoms with Crippen LogP contribution in [-0.2, 0) is 9.53 Å². The Hall–Kier alpha value is -0.310. The zero-order valence-electron chi connectivity index (χ0n) is 8.09. The average molecular weight is 249 g/mol. The number of esters is 1. The Morgan fingerprint density at radius 1 is 1.38 bits per heavy atom. The highest BCUT2D eigenvalue weighted by Gasteiger charge is 1.95. The molecular formula is C10H17BrO2. The lowest BCUT2D eigenvalue weighted by molar-refractivity contribution is -0.137. The largest absolute Gasteiger partial charge is 0.463 e. The molecule has 0 aliphatic carbocycles. The van der Waals surface area contributed by atoms with E-state index >= 15 is 0 Å². The maximum absolute atomic E-state index is 10.9. The summed E-state index contributed by atoms with van der Waals surface area (Å²) in [7, 11) is 0. The minimum absolute atomic E-state index is 0.240. The molecule has 0 bridgehead atoms. The van der Waals surface area contributed by atoms with Crippen LogP contribution in [0.15, 0.2) is 12.2 Å². The zero-order chi connectivity index (χ0) is 9.94. The predicted octanol–water partition coefficient (Wildman–Crippen LogP) is 3.06. The van der Waals surface area contributed by atoms with Crippen LogP contribution in [0.1, 0.15) is 32.6 Å². The smallest absolute Gasteiger partial charge is 0.330 e. The van der Waals surface area contributed by atoms with Gasteiger partial charge in [0.05, 0.1) is 6.61 Å². The van der Waals surface area contributed by atoms with Crippen molar-refractivity contribution in [1.82, 2.24) is 0 Å². The van der Waals surface area contributed by atoms with Crippen LogP contribution in [0.4, 0.5) is 0 Å². The summed E-state index contributed by atoms with van der Waals surface area (Å²) < 4.78 is 4.94. The number of alkyl halides is 1. The van der Waals surface area contributed by atoms with E-state index in [1.165, 1.54) is 18.9 Å². The van der Waals surface area contributed by atoms with E-state index in [-0.39, 0.29) is 5.97 Å². The molecule has 0 aliphatic heterocycles. The first-order valence-electron chi connectivity index (χ1n) is 4.70. The van der Waals surface area contributed by atoms with Crippen molar-refractivity contribution in [2.75, 3.05) is 11.9 Å². The highest BCUT2D eigenvalue weighted by molar-refractivity contribution is 9.09. The summed E-state index contributed by atoms with van der Waals surface area (Å²) in [6, 6.07) is 0. The fourth-order valence-corrected chi connectivity index (χ4v) is 1.08. The van der Waals surface area contributed by atoms with E-state index in [0.29, 0.717) is 11.9 Å². The van der Waals surface area contributed by atoms with Crippen molar-refractivity contribution < 1.29 is 9.53 Å². The van der Waals surface area contributed by atoms with Gasteiger partial charge in [-0.2, -0.15) is 0 Å². The molecule has 0 N–H and O–H groups in total. The summed E-state index contributed by atoms with van der Waals surface area (Å²) in [4.78, 5) is 10.9. The molecule has 0 atom stereocenters. The number of unbranched alkanes of at least 4 members (excludes halogenated alkanes) is 3. The molecule has 0 radical (unpaired) electrons. The molecule has 0 saturated carbocycles. The van der Waals surface area contributed by atoms with Gasteiger partial charge in [0.25, 0.3) is 0 Å². The molecule has 0 aromatic rings. The third-order valence-corrected chi connectivity index (χ3v) is 1.96. The van der Waals surface area contributed by atoms with Gasteiger partial charge in [0, 0.05) is 11.4 Å². The first-order valence-corrected chi connectivity index (χ1v) is 5.82. The lowest BCUT2D eigenvalue weighted by Gasteiger charge is -2.00. The monoisotopic (exact) mass is 248 g/mol. The molecule has 0 heterocycles. The molecule has 0 spiro atoms. The molecule has 2 nitrogen and oxygen atoms in total. The van der Waals surface area contributed by atoms with Gasteiger partial charge >= 0.3 is 5.97 Å². The molecular weight excluding hydrogens is 232 g/mol. The standard InChI is InChI=1S/C10H17BrO2/c1-2-3-4-5-9-13-10(12)7-6-8-11/h6-7H,2-5,8-9H2,1H3/b7-6+. The number of allylic oxidation sites excluding steroid dienone is 1. The van der Waals surface area contributed by atoms with E-state index in [1.54, 1.807) is 6.08 Å². The number of hydrogen-bond acceptors (Lipinski definition) is 2. The van der Waals surface area contributed by atoms with Crippen molar-refractivity contribution >= 4 is 21.9 Å². The van der Waals surface area contributed by atoms with E-state index in [0.717, 1.165) is 12.8 Å². The Kier molecular flexibility index (Phi) is 9.54. The van der Waals surface area contributed by atoms with Crippen LogP contribution < -0.4 is 0 Å². The maximum atomic E-state index is 10.9. The van der Waals surface area contributed by atoms with Gasteiger partial charge in [0.1, 0.15) is 0 Å². The fraction of sp³-hybridized carbons (Fsp3) is 0.700. The Labute approximate surface area is 88.5 Å². The van der Waals surface area contributed by atoms with Crippen LogP contribution in [0.5, 0.6) is 0 Å². The Morgan fingerprint density at radius 3 is 2.77 bits per heavy atom. The highest BCUT2D eigenvalue weighted by Crippen LogP contribution is 1.99. The van der Waals surface area contributed by atoms with Crippen molar-refractivity contribution in [2.45, 2.75) is 32.6 Å². The summed E-state index contributed by atoms with van der Waals surface area (Å²) >= 11 is 3.19. The van der Waals surface area contributed by atoms with Gasteiger partial charge in [-0.05, 0) is 6.42 Å². The molecule has 0 aromatic heterocycles. The minimum Gasteiger partial charge on any atom is -0.463 e. The Morgan fingerprint density at radius 2 is 2.15 bits per heavy atom. The molecule has 13 heavy (non-hydrogen) atoms. The normalized spacial score (nSPS) is 10.6. The van der Waals surface area contributed by atoms with Crippen LogP contribution in [0.3, 0.4) is 0 Å². The average Bonchev–Trinajstić information content (AvgIpc) is 2.14. The van der Waals surface area contributed by atoms with Crippen molar-refractivity contribution in [2.24, 2.45) is 0 Å². The second-order valence-corrected chi connectivity index (χ2v) is 3.43. The Bertz CT molecular complexity index is 155. The number of carbonyl (C=O) groups is 1. The lowest BCUT2D eigenvalue weighted by atomic mass is 10.2. The molecule has 0 aromatic carbocycles. The summed E-state index contributed by atoms with van der Waals surface area (Å²) in [5.74, 6) is -0.240. The number of carbonyl (C=O) groups excluding carboxylic acids is 1. The SMILES string of the molecule is CCCCCCOC(=O)/C=C/CBr. The van der Waals surface area contributed by atoms with Crippen molar-refractivity contribution in [3.63, 3.8) is 0 Å². The molecule has 0 amide bonds. The van der Waals surface area contributed by atoms with Crippen molar-refractivity contribution in [3.05, 3.63) is 12.2 Å². The fourth-order valence-electron chi connectivity index (χ4n) is 0.890. The summed E-state index contributed by atoms with van der Waals surface area (Å²) in [5, 5.41) is 0.692. The van der Waals surface area contributed by atoms with Gasteiger partial charge < -0.3 is 4.74 Å². The van der Waals surface area contributed by atoms with Crippen LogP contribution in [0, 0.1) is 0 Å². The van der Waals surface area contributed by atoms with Gasteiger partial charge in [-0.25, -0.2) is 4.79 Å². The van der Waals surface area contributed by atoms with Gasteiger partial charge in [0.15, 0.2) is 0 Å². The number of halogens is 1. The first kappa shape index (κ1) is 12.7. The van der Waals surface area contributed by atoms with Crippen molar-refractivity contribution in [1.29, 1.82) is 0 Å². The third kappa shape index (κ3) is 9.61. The summed E-state index contributed by atoms with van der Waals surface area (Å²) in [6.07, 6.45) is 7.73. The van der Waals surface area contributed by atoms with E-state index in [9.17, 15) is 4.79 Å². The number of rotatable bonds is 7. The van der Waals surface area contributed by atoms with Gasteiger partial charge in [0.2, 0.25) is 0 Å². The van der Waals surface area contributed by atoms with E-state index in [2.05, 4.69) is 22.9 Å². The van der Waals surface area contributed by atoms with E-state index in [4.69, 9.17) is 4.74 Å². The molecule has 76 valence electrons. The molecule has 0 unspecified atom stereocenters. The quantitative estimate of drug-likeness (QED) is 0.300. The second kappa shape index (κ2) is 9.78. The minimum atomic E-state index is -0.240. The van der Waals surface area contributed by atoms with E-state index in [1.807, 2.05) is 0 Å². The van der Waals surface area contributed by atoms with Crippen LogP contribution in [-0.4, -0.2) is 17.9 Å². The van der Waals surface area contributed by atoms with Gasteiger partial charge in [-0.15, -0.1) is 0 Å². The highest BCUT2D eigenvalue weighted by atomic mass is 79.9. The molecule has 0 aliphatic rings. The maximum Gasteiger partial charge on any atom is 0.330 e. The van der Waals surface area contributed by atoms with Gasteiger partial charge in [-0.3, -0.25) is 0 Å². The first-order chi connectivity index (χ1) is 6.31. The van der Waals surface area contributed by atoms with Crippen molar-refractivity contribution in [3.8, 4) is 0 Å². The van der Waals surface area contributed by atoms with Gasteiger partial charge in [-0.1, -0.05) is 48.2 Å². The van der Waals surface area contributed by atoms with E-state index < -0.39 is 0 Å².